The van der Waals surface area contributed by atoms with Gasteiger partial charge in [0.25, 0.3) is 0 Å². The molecule has 21 heavy (non-hydrogen) atoms. The highest BCUT2D eigenvalue weighted by Crippen LogP contribution is 2.13. The third kappa shape index (κ3) is 4.69. The molecule has 110 valence electrons. The number of halogens is 1. The zero-order chi connectivity index (χ0) is 15.2. The molecule has 0 aromatic heterocycles. The summed E-state index contributed by atoms with van der Waals surface area (Å²) in [4.78, 5) is 12.2. The van der Waals surface area contributed by atoms with Crippen LogP contribution in [0.3, 0.4) is 0 Å². The van der Waals surface area contributed by atoms with E-state index in [1.165, 1.54) is 5.56 Å². The van der Waals surface area contributed by atoms with Crippen LogP contribution in [0.1, 0.15) is 24.1 Å². The lowest BCUT2D eigenvalue weighted by atomic mass is 10.0. The lowest BCUT2D eigenvalue weighted by Gasteiger charge is -2.18. The Morgan fingerprint density at radius 3 is 2.38 bits per heavy atom. The standard InChI is InChI=1S/C17H19BrN2O/c1-12(11-13-7-9-15(18)10-8-13)20-17(21)16(19)14-5-3-2-4-6-14/h2-10,12,16H,11,19H2,1H3,(H,20,21)/t12?,16-/m0/s1. The molecule has 0 saturated heterocycles. The predicted molar refractivity (Wildman–Crippen MR) is 88.8 cm³/mol. The summed E-state index contributed by atoms with van der Waals surface area (Å²) in [5.41, 5.74) is 7.99. The van der Waals surface area contributed by atoms with Gasteiger partial charge in [-0.1, -0.05) is 58.4 Å². The zero-order valence-corrected chi connectivity index (χ0v) is 13.5. The number of nitrogens with two attached hydrogens (primary N) is 1. The van der Waals surface area contributed by atoms with E-state index in [9.17, 15) is 4.79 Å². The van der Waals surface area contributed by atoms with E-state index in [-0.39, 0.29) is 11.9 Å². The van der Waals surface area contributed by atoms with Gasteiger partial charge in [-0.15, -0.1) is 0 Å². The highest BCUT2D eigenvalue weighted by atomic mass is 79.9. The van der Waals surface area contributed by atoms with Gasteiger partial charge in [-0.25, -0.2) is 0 Å². The van der Waals surface area contributed by atoms with Crippen molar-refractivity contribution >= 4 is 21.8 Å². The lowest BCUT2D eigenvalue weighted by molar-refractivity contribution is -0.123. The maximum atomic E-state index is 12.2. The largest absolute Gasteiger partial charge is 0.352 e. The van der Waals surface area contributed by atoms with Crippen LogP contribution >= 0.6 is 15.9 Å². The number of hydrogen-bond donors (Lipinski definition) is 2. The number of rotatable bonds is 5. The first-order chi connectivity index (χ1) is 10.1. The molecule has 0 aliphatic heterocycles. The molecule has 4 heteroatoms. The number of hydrogen-bond acceptors (Lipinski definition) is 2. The van der Waals surface area contributed by atoms with E-state index in [4.69, 9.17) is 5.73 Å². The predicted octanol–water partition coefficient (Wildman–Crippen LogP) is 3.20. The number of benzene rings is 2. The number of amides is 1. The highest BCUT2D eigenvalue weighted by molar-refractivity contribution is 9.10. The molecule has 0 spiro atoms. The van der Waals surface area contributed by atoms with Gasteiger partial charge in [0, 0.05) is 10.5 Å². The van der Waals surface area contributed by atoms with E-state index in [1.54, 1.807) is 0 Å². The lowest BCUT2D eigenvalue weighted by Crippen LogP contribution is -2.40. The second-order valence-corrected chi connectivity index (χ2v) is 6.04. The topological polar surface area (TPSA) is 55.1 Å². The summed E-state index contributed by atoms with van der Waals surface area (Å²) >= 11 is 3.41. The Bertz CT molecular complexity index is 583. The van der Waals surface area contributed by atoms with Crippen LogP contribution in [-0.2, 0) is 11.2 Å². The van der Waals surface area contributed by atoms with Gasteiger partial charge < -0.3 is 11.1 Å². The van der Waals surface area contributed by atoms with E-state index in [0.717, 1.165) is 16.5 Å². The average molecular weight is 347 g/mol. The van der Waals surface area contributed by atoms with Crippen molar-refractivity contribution in [3.8, 4) is 0 Å². The van der Waals surface area contributed by atoms with Gasteiger partial charge in [-0.3, -0.25) is 4.79 Å². The molecule has 0 fully saturated rings. The first-order valence-corrected chi connectivity index (χ1v) is 7.71. The van der Waals surface area contributed by atoms with Gasteiger partial charge in [0.2, 0.25) is 5.91 Å². The summed E-state index contributed by atoms with van der Waals surface area (Å²) in [7, 11) is 0. The number of carbonyl (C=O) groups excluding carboxylic acids is 1. The Kier molecular flexibility index (Phi) is 5.53. The third-order valence-corrected chi connectivity index (χ3v) is 3.81. The average Bonchev–Trinajstić information content (AvgIpc) is 2.49. The monoisotopic (exact) mass is 346 g/mol. The van der Waals surface area contributed by atoms with Crippen molar-refractivity contribution in [3.63, 3.8) is 0 Å². The Morgan fingerprint density at radius 1 is 1.14 bits per heavy atom. The molecular formula is C17H19BrN2O. The van der Waals surface area contributed by atoms with Crippen molar-refractivity contribution in [1.29, 1.82) is 0 Å². The molecule has 0 aliphatic rings. The summed E-state index contributed by atoms with van der Waals surface area (Å²) < 4.78 is 1.05. The van der Waals surface area contributed by atoms with Crippen LogP contribution in [0, 0.1) is 0 Å². The van der Waals surface area contributed by atoms with E-state index in [0.29, 0.717) is 0 Å². The normalized spacial score (nSPS) is 13.5. The summed E-state index contributed by atoms with van der Waals surface area (Å²) in [5, 5.41) is 2.97. The first-order valence-electron chi connectivity index (χ1n) is 6.91. The van der Waals surface area contributed by atoms with Crippen molar-refractivity contribution in [1.82, 2.24) is 5.32 Å². The van der Waals surface area contributed by atoms with E-state index in [1.807, 2.05) is 61.5 Å². The molecule has 2 aromatic carbocycles. The Hall–Kier alpha value is -1.65. The van der Waals surface area contributed by atoms with E-state index < -0.39 is 6.04 Å². The van der Waals surface area contributed by atoms with Gasteiger partial charge in [0.1, 0.15) is 6.04 Å². The quantitative estimate of drug-likeness (QED) is 0.873. The molecule has 3 N–H and O–H groups in total. The third-order valence-electron chi connectivity index (χ3n) is 3.28. The molecule has 0 saturated carbocycles. The van der Waals surface area contributed by atoms with Gasteiger partial charge in [0.05, 0.1) is 0 Å². The molecule has 0 heterocycles. The van der Waals surface area contributed by atoms with Crippen LogP contribution in [0.5, 0.6) is 0 Å². The summed E-state index contributed by atoms with van der Waals surface area (Å²) in [6.07, 6.45) is 0.778. The smallest absolute Gasteiger partial charge is 0.241 e. The van der Waals surface area contributed by atoms with Crippen molar-refractivity contribution < 1.29 is 4.79 Å². The second kappa shape index (κ2) is 7.38. The Morgan fingerprint density at radius 2 is 1.76 bits per heavy atom. The molecule has 3 nitrogen and oxygen atoms in total. The van der Waals surface area contributed by atoms with Crippen molar-refractivity contribution in [2.24, 2.45) is 5.73 Å². The summed E-state index contributed by atoms with van der Waals surface area (Å²) in [6, 6.07) is 16.9. The van der Waals surface area contributed by atoms with Crippen LogP contribution in [-0.4, -0.2) is 11.9 Å². The van der Waals surface area contributed by atoms with Crippen LogP contribution in [0.25, 0.3) is 0 Å². The van der Waals surface area contributed by atoms with Crippen molar-refractivity contribution in [3.05, 3.63) is 70.2 Å². The minimum absolute atomic E-state index is 0.0356. The first kappa shape index (κ1) is 15.7. The molecular weight excluding hydrogens is 328 g/mol. The van der Waals surface area contributed by atoms with Gasteiger partial charge in [-0.2, -0.15) is 0 Å². The molecule has 0 aliphatic carbocycles. The maximum absolute atomic E-state index is 12.2. The van der Waals surface area contributed by atoms with Crippen molar-refractivity contribution in [2.45, 2.75) is 25.4 Å². The molecule has 1 unspecified atom stereocenters. The molecule has 0 bridgehead atoms. The zero-order valence-electron chi connectivity index (χ0n) is 11.9. The Balaban J connectivity index is 1.91. The van der Waals surface area contributed by atoms with Crippen LogP contribution in [0.4, 0.5) is 0 Å². The van der Waals surface area contributed by atoms with E-state index in [2.05, 4.69) is 21.2 Å². The number of carbonyl (C=O) groups is 1. The van der Waals surface area contributed by atoms with Gasteiger partial charge in [-0.05, 0) is 36.6 Å². The Labute approximate surface area is 133 Å². The summed E-state index contributed by atoms with van der Waals surface area (Å²) in [6.45, 7) is 1.98. The van der Waals surface area contributed by atoms with Crippen LogP contribution in [0.15, 0.2) is 59.1 Å². The van der Waals surface area contributed by atoms with Gasteiger partial charge >= 0.3 is 0 Å². The molecule has 2 atom stereocenters. The van der Waals surface area contributed by atoms with Crippen LogP contribution in [0.2, 0.25) is 0 Å². The minimum Gasteiger partial charge on any atom is -0.352 e. The van der Waals surface area contributed by atoms with E-state index >= 15 is 0 Å². The SMILES string of the molecule is CC(Cc1ccc(Br)cc1)NC(=O)[C@@H](N)c1ccccc1. The fourth-order valence-corrected chi connectivity index (χ4v) is 2.43. The maximum Gasteiger partial charge on any atom is 0.241 e. The van der Waals surface area contributed by atoms with Crippen molar-refractivity contribution in [2.75, 3.05) is 0 Å². The fourth-order valence-electron chi connectivity index (χ4n) is 2.17. The second-order valence-electron chi connectivity index (χ2n) is 5.13. The van der Waals surface area contributed by atoms with Gasteiger partial charge in [0.15, 0.2) is 0 Å². The fraction of sp³-hybridized carbons (Fsp3) is 0.235. The molecule has 1 amide bonds. The highest BCUT2D eigenvalue weighted by Gasteiger charge is 2.17. The minimum atomic E-state index is -0.626. The molecule has 2 aromatic rings. The number of nitrogens with one attached hydrogen (secondary N) is 1. The molecule has 2 rings (SSSR count). The molecule has 0 radical (unpaired) electrons. The summed E-state index contributed by atoms with van der Waals surface area (Å²) in [5.74, 6) is -0.147. The van der Waals surface area contributed by atoms with Crippen LogP contribution < -0.4 is 11.1 Å².